The summed E-state index contributed by atoms with van der Waals surface area (Å²) in [6.07, 6.45) is 1.79. The first-order chi connectivity index (χ1) is 9.51. The van der Waals surface area contributed by atoms with E-state index in [4.69, 9.17) is 14.7 Å². The Bertz CT molecular complexity index is 601. The van der Waals surface area contributed by atoms with Crippen molar-refractivity contribution in [2.45, 2.75) is 16.9 Å². The van der Waals surface area contributed by atoms with Gasteiger partial charge in [-0.2, -0.15) is 5.26 Å². The van der Waals surface area contributed by atoms with Crippen LogP contribution in [-0.2, 0) is 19.5 Å². The molecule has 1 unspecified atom stereocenters. The van der Waals surface area contributed by atoms with Crippen molar-refractivity contribution in [1.29, 1.82) is 5.26 Å². The molecule has 1 aromatic rings. The fraction of sp³-hybridized carbons (Fsp3) is 0.500. The van der Waals surface area contributed by atoms with E-state index >= 15 is 0 Å². The van der Waals surface area contributed by atoms with Crippen molar-refractivity contribution in [2.75, 3.05) is 26.9 Å². The summed E-state index contributed by atoms with van der Waals surface area (Å²) in [5.41, 5.74) is -0.450. The van der Waals surface area contributed by atoms with Gasteiger partial charge < -0.3 is 9.47 Å². The Labute approximate surface area is 117 Å². The lowest BCUT2D eigenvalue weighted by Crippen LogP contribution is -2.44. The van der Waals surface area contributed by atoms with Crippen LogP contribution in [0.15, 0.2) is 23.2 Å². The zero-order valence-electron chi connectivity index (χ0n) is 11.0. The van der Waals surface area contributed by atoms with Gasteiger partial charge in [-0.25, -0.2) is 18.1 Å². The van der Waals surface area contributed by atoms with Crippen LogP contribution in [0.25, 0.3) is 0 Å². The minimum atomic E-state index is -3.68. The van der Waals surface area contributed by atoms with Crippen LogP contribution in [0.5, 0.6) is 0 Å². The van der Waals surface area contributed by atoms with Crippen LogP contribution < -0.4 is 4.72 Å². The normalized spacial score (nSPS) is 22.6. The van der Waals surface area contributed by atoms with Gasteiger partial charge >= 0.3 is 0 Å². The number of methoxy groups -OCH3 is 1. The molecule has 2 rings (SSSR count). The van der Waals surface area contributed by atoms with Crippen LogP contribution in [0.3, 0.4) is 0 Å². The molecule has 0 aromatic carbocycles. The number of rotatable bonds is 5. The molecule has 1 aliphatic heterocycles. The van der Waals surface area contributed by atoms with Crippen molar-refractivity contribution in [3.63, 3.8) is 0 Å². The molecule has 1 fully saturated rings. The number of nitrogens with zero attached hydrogens (tertiary/aromatic N) is 2. The van der Waals surface area contributed by atoms with Crippen molar-refractivity contribution in [1.82, 2.24) is 9.71 Å². The fourth-order valence-electron chi connectivity index (χ4n) is 1.88. The second kappa shape index (κ2) is 5.85. The van der Waals surface area contributed by atoms with Crippen LogP contribution >= 0.6 is 0 Å². The lowest BCUT2D eigenvalue weighted by molar-refractivity contribution is -0.0120. The van der Waals surface area contributed by atoms with Gasteiger partial charge in [-0.3, -0.25) is 0 Å². The van der Waals surface area contributed by atoms with Crippen molar-refractivity contribution in [3.05, 3.63) is 24.0 Å². The number of pyridine rings is 1. The molecule has 2 heterocycles. The smallest absolute Gasteiger partial charge is 0.242 e. The van der Waals surface area contributed by atoms with Crippen LogP contribution in [0, 0.1) is 11.3 Å². The summed E-state index contributed by atoms with van der Waals surface area (Å²) in [6.45, 7) is 1.04. The van der Waals surface area contributed by atoms with E-state index < -0.39 is 15.6 Å². The molecule has 1 atom stereocenters. The standard InChI is InChI=1S/C12H15N3O4S/c1-18-12(4-5-19-9-12)8-15-20(16,17)11-3-2-10(6-13)14-7-11/h2-3,7,15H,4-5,8-9H2,1H3. The minimum absolute atomic E-state index is 0.0154. The molecule has 0 amide bonds. The highest BCUT2D eigenvalue weighted by Gasteiger charge is 2.36. The number of ether oxygens (including phenoxy) is 2. The molecule has 1 N–H and O–H groups in total. The third kappa shape index (κ3) is 3.13. The average molecular weight is 297 g/mol. The van der Waals surface area contributed by atoms with Crippen LogP contribution in [-0.4, -0.2) is 45.9 Å². The van der Waals surface area contributed by atoms with E-state index in [0.29, 0.717) is 19.6 Å². The molecule has 0 spiro atoms. The molecule has 1 aromatic heterocycles. The highest BCUT2D eigenvalue weighted by Crippen LogP contribution is 2.22. The van der Waals surface area contributed by atoms with Gasteiger partial charge in [0.15, 0.2) is 0 Å². The van der Waals surface area contributed by atoms with Crippen molar-refractivity contribution < 1.29 is 17.9 Å². The van der Waals surface area contributed by atoms with Gasteiger partial charge in [0.2, 0.25) is 10.0 Å². The SMILES string of the molecule is COC1(CNS(=O)(=O)c2ccc(C#N)nc2)CCOC1. The highest BCUT2D eigenvalue weighted by atomic mass is 32.2. The Kier molecular flexibility index (Phi) is 4.35. The predicted octanol–water partition coefficient (Wildman–Crippen LogP) is 0.0371. The molecule has 0 aliphatic carbocycles. The maximum absolute atomic E-state index is 12.1. The quantitative estimate of drug-likeness (QED) is 0.823. The number of hydrogen-bond donors (Lipinski definition) is 1. The lowest BCUT2D eigenvalue weighted by Gasteiger charge is -2.25. The first-order valence-electron chi connectivity index (χ1n) is 6.00. The Morgan fingerprint density at radius 1 is 1.60 bits per heavy atom. The summed E-state index contributed by atoms with van der Waals surface area (Å²) in [6, 6.07) is 4.54. The first kappa shape index (κ1) is 14.9. The molecule has 1 aliphatic rings. The third-order valence-electron chi connectivity index (χ3n) is 3.25. The number of aromatic nitrogens is 1. The number of nitriles is 1. The largest absolute Gasteiger partial charge is 0.378 e. The van der Waals surface area contributed by atoms with Gasteiger partial charge in [0.25, 0.3) is 0 Å². The Morgan fingerprint density at radius 3 is 2.90 bits per heavy atom. The summed E-state index contributed by atoms with van der Waals surface area (Å²) < 4.78 is 37.3. The summed E-state index contributed by atoms with van der Waals surface area (Å²) >= 11 is 0. The zero-order chi connectivity index (χ0) is 14.6. The average Bonchev–Trinajstić information content (AvgIpc) is 2.95. The van der Waals surface area contributed by atoms with E-state index in [9.17, 15) is 8.42 Å². The van der Waals surface area contributed by atoms with E-state index in [1.54, 1.807) is 0 Å². The minimum Gasteiger partial charge on any atom is -0.378 e. The Balaban J connectivity index is 2.09. The summed E-state index contributed by atoms with van der Waals surface area (Å²) in [5.74, 6) is 0. The Morgan fingerprint density at radius 2 is 2.40 bits per heavy atom. The van der Waals surface area contributed by atoms with E-state index in [1.165, 1.54) is 19.2 Å². The van der Waals surface area contributed by atoms with Gasteiger partial charge in [0.05, 0.1) is 6.61 Å². The molecule has 7 nitrogen and oxygen atoms in total. The molecule has 0 bridgehead atoms. The topological polar surface area (TPSA) is 101 Å². The maximum atomic E-state index is 12.1. The molecule has 0 radical (unpaired) electrons. The van der Waals surface area contributed by atoms with Gasteiger partial charge in [0.1, 0.15) is 22.3 Å². The third-order valence-corrected chi connectivity index (χ3v) is 4.63. The highest BCUT2D eigenvalue weighted by molar-refractivity contribution is 7.89. The first-order valence-corrected chi connectivity index (χ1v) is 7.48. The van der Waals surface area contributed by atoms with Gasteiger partial charge in [-0.1, -0.05) is 0 Å². The van der Waals surface area contributed by atoms with Crippen molar-refractivity contribution >= 4 is 10.0 Å². The molecule has 108 valence electrons. The summed E-state index contributed by atoms with van der Waals surface area (Å²) in [7, 11) is -2.14. The van der Waals surface area contributed by atoms with Gasteiger partial charge in [0, 0.05) is 32.9 Å². The fourth-order valence-corrected chi connectivity index (χ4v) is 2.93. The van der Waals surface area contributed by atoms with E-state index in [0.717, 1.165) is 6.20 Å². The van der Waals surface area contributed by atoms with Crippen LogP contribution in [0.2, 0.25) is 0 Å². The van der Waals surface area contributed by atoms with Crippen LogP contribution in [0.4, 0.5) is 0 Å². The van der Waals surface area contributed by atoms with Crippen molar-refractivity contribution in [3.8, 4) is 6.07 Å². The van der Waals surface area contributed by atoms with Gasteiger partial charge in [-0.05, 0) is 12.1 Å². The zero-order valence-corrected chi connectivity index (χ0v) is 11.8. The Hall–Kier alpha value is -1.53. The van der Waals surface area contributed by atoms with E-state index in [-0.39, 0.29) is 17.1 Å². The molecular weight excluding hydrogens is 282 g/mol. The van der Waals surface area contributed by atoms with Crippen LogP contribution in [0.1, 0.15) is 12.1 Å². The van der Waals surface area contributed by atoms with Crippen molar-refractivity contribution in [2.24, 2.45) is 0 Å². The summed E-state index contributed by atoms with van der Waals surface area (Å²) in [5, 5.41) is 8.64. The summed E-state index contributed by atoms with van der Waals surface area (Å²) in [4.78, 5) is 3.76. The predicted molar refractivity (Wildman–Crippen MR) is 69.3 cm³/mol. The monoisotopic (exact) mass is 297 g/mol. The molecule has 8 heteroatoms. The van der Waals surface area contributed by atoms with Gasteiger partial charge in [-0.15, -0.1) is 0 Å². The number of nitrogens with one attached hydrogen (secondary N) is 1. The van der Waals surface area contributed by atoms with E-state index in [1.807, 2.05) is 6.07 Å². The van der Waals surface area contributed by atoms with E-state index in [2.05, 4.69) is 9.71 Å². The second-order valence-electron chi connectivity index (χ2n) is 4.51. The molecular formula is C12H15N3O4S. The molecule has 20 heavy (non-hydrogen) atoms. The second-order valence-corrected chi connectivity index (χ2v) is 6.27. The maximum Gasteiger partial charge on any atom is 0.242 e. The molecule has 1 saturated heterocycles. The number of hydrogen-bond acceptors (Lipinski definition) is 6. The lowest BCUT2D eigenvalue weighted by atomic mass is 10.0. The molecule has 0 saturated carbocycles. The number of sulfonamides is 1.